The molecule has 8 heavy (non-hydrogen) atoms. The van der Waals surface area contributed by atoms with Crippen LogP contribution in [0.25, 0.3) is 0 Å². The number of rotatable bonds is 0. The summed E-state index contributed by atoms with van der Waals surface area (Å²) in [6.45, 7) is 6.00. The maximum absolute atomic E-state index is 8.00. The lowest BCUT2D eigenvalue weighted by atomic mass is 11.9. The number of carbonyl (C=O) groups excluding carboxylic acids is 3. The summed E-state index contributed by atoms with van der Waals surface area (Å²) < 4.78 is 0. The van der Waals surface area contributed by atoms with Gasteiger partial charge in [-0.3, -0.25) is 0 Å². The van der Waals surface area contributed by atoms with Crippen molar-refractivity contribution in [2.45, 2.75) is 14.9 Å². The van der Waals surface area contributed by atoms with Gasteiger partial charge in [0, 0.05) is 0 Å². The Morgan fingerprint density at radius 1 is 0.500 bits per heavy atom. The zero-order chi connectivity index (χ0) is 6.00. The van der Waals surface area contributed by atoms with Crippen LogP contribution in [0.3, 0.4) is 0 Å². The maximum Gasteiger partial charge on any atom is 0.106 e. The van der Waals surface area contributed by atoms with Gasteiger partial charge >= 0.3 is 0 Å². The van der Waals surface area contributed by atoms with E-state index in [-0.39, 0.29) is 14.9 Å². The third-order valence-electron chi connectivity index (χ3n) is 0. The zero-order valence-corrected chi connectivity index (χ0v) is 3.35. The molecular formula is C5H14O3. The molecule has 0 unspecified atom stereocenters. The van der Waals surface area contributed by atoms with E-state index in [1.807, 2.05) is 20.4 Å². The SMILES string of the molecule is C.C.C=O.C=O.C=O. The Hall–Kier alpha value is -0.990. The Morgan fingerprint density at radius 3 is 0.500 bits per heavy atom. The predicted molar refractivity (Wildman–Crippen MR) is 34.8 cm³/mol. The minimum absolute atomic E-state index is 0. The van der Waals surface area contributed by atoms with Crippen molar-refractivity contribution in [2.24, 2.45) is 0 Å². The van der Waals surface area contributed by atoms with Gasteiger partial charge in [-0.15, -0.1) is 0 Å². The third-order valence-corrected chi connectivity index (χ3v) is 0. The van der Waals surface area contributed by atoms with E-state index in [4.69, 9.17) is 14.4 Å². The maximum atomic E-state index is 8.00. The van der Waals surface area contributed by atoms with Crippen LogP contribution in [0.15, 0.2) is 0 Å². The highest BCUT2D eigenvalue weighted by molar-refractivity contribution is 5.11. The van der Waals surface area contributed by atoms with E-state index in [1.165, 1.54) is 0 Å². The van der Waals surface area contributed by atoms with Crippen molar-refractivity contribution in [3.8, 4) is 0 Å². The molecule has 0 radical (unpaired) electrons. The Labute approximate surface area is 50.7 Å². The highest BCUT2D eigenvalue weighted by Crippen LogP contribution is 0.498. The van der Waals surface area contributed by atoms with E-state index in [2.05, 4.69) is 0 Å². The topological polar surface area (TPSA) is 51.2 Å². The van der Waals surface area contributed by atoms with Crippen molar-refractivity contribution >= 4 is 20.4 Å². The lowest BCUT2D eigenvalue weighted by Gasteiger charge is -0.837. The number of carbonyl (C=O) groups is 3. The summed E-state index contributed by atoms with van der Waals surface area (Å²) in [6, 6.07) is 0. The smallest absolute Gasteiger partial charge is 0.106 e. The molecule has 0 rings (SSSR count). The van der Waals surface area contributed by atoms with E-state index in [9.17, 15) is 0 Å². The van der Waals surface area contributed by atoms with Gasteiger partial charge in [0.1, 0.15) is 20.4 Å². The first-order valence-electron chi connectivity index (χ1n) is 0.866. The van der Waals surface area contributed by atoms with Gasteiger partial charge in [-0.1, -0.05) is 14.9 Å². The first-order valence-corrected chi connectivity index (χ1v) is 0.866. The van der Waals surface area contributed by atoms with Crippen molar-refractivity contribution in [2.75, 3.05) is 0 Å². The quantitative estimate of drug-likeness (QED) is 0.475. The Morgan fingerprint density at radius 2 is 0.500 bits per heavy atom. The van der Waals surface area contributed by atoms with Crippen LogP contribution in [0.4, 0.5) is 0 Å². The van der Waals surface area contributed by atoms with Crippen LogP contribution in [0.2, 0.25) is 0 Å². The van der Waals surface area contributed by atoms with Crippen molar-refractivity contribution in [1.82, 2.24) is 0 Å². The van der Waals surface area contributed by atoms with E-state index in [0.717, 1.165) is 0 Å². The minimum Gasteiger partial charge on any atom is -0.307 e. The summed E-state index contributed by atoms with van der Waals surface area (Å²) in [7, 11) is 0. The molecule has 3 heteroatoms. The highest BCUT2D eigenvalue weighted by Gasteiger charge is 0.640. The molecule has 0 saturated heterocycles. The van der Waals surface area contributed by atoms with Crippen LogP contribution >= 0.6 is 0 Å². The van der Waals surface area contributed by atoms with Gasteiger partial charge in [-0.05, 0) is 0 Å². The Balaban J connectivity index is -0.00000000500. The molecule has 0 bridgehead atoms. The summed E-state index contributed by atoms with van der Waals surface area (Å²) in [5.74, 6) is 0. The second-order valence-corrected chi connectivity index (χ2v) is 0. The molecular weight excluding hydrogens is 108 g/mol. The van der Waals surface area contributed by atoms with Crippen LogP contribution in [0.1, 0.15) is 14.9 Å². The van der Waals surface area contributed by atoms with Gasteiger partial charge in [0.2, 0.25) is 0 Å². The fourth-order valence-electron chi connectivity index (χ4n) is 0. The number of hydrogen-bond donors (Lipinski definition) is 0. The summed E-state index contributed by atoms with van der Waals surface area (Å²) in [5.41, 5.74) is 0. The van der Waals surface area contributed by atoms with Gasteiger partial charge in [0.15, 0.2) is 0 Å². The van der Waals surface area contributed by atoms with Crippen molar-refractivity contribution in [3.63, 3.8) is 0 Å². The highest BCUT2D eigenvalue weighted by atomic mass is 16.1. The molecule has 0 amide bonds. The van der Waals surface area contributed by atoms with Crippen molar-refractivity contribution in [3.05, 3.63) is 0 Å². The molecule has 0 fully saturated rings. The summed E-state index contributed by atoms with van der Waals surface area (Å²) in [4.78, 5) is 24.0. The molecule has 0 aromatic carbocycles. The van der Waals surface area contributed by atoms with E-state index < -0.39 is 0 Å². The second-order valence-electron chi connectivity index (χ2n) is 0. The van der Waals surface area contributed by atoms with E-state index in [1.54, 1.807) is 0 Å². The van der Waals surface area contributed by atoms with Gasteiger partial charge in [0.25, 0.3) is 0 Å². The first-order chi connectivity index (χ1) is 3.00. The molecule has 3 nitrogen and oxygen atoms in total. The minimum atomic E-state index is 0. The van der Waals surface area contributed by atoms with Crippen LogP contribution in [-0.4, -0.2) is 20.4 Å². The van der Waals surface area contributed by atoms with Crippen molar-refractivity contribution in [1.29, 1.82) is 0 Å². The lowest BCUT2D eigenvalue weighted by Crippen LogP contribution is -0.925. The monoisotopic (exact) mass is 122 g/mol. The molecule has 0 heterocycles. The molecule has 52 valence electrons. The summed E-state index contributed by atoms with van der Waals surface area (Å²) in [5, 5.41) is 0. The predicted octanol–water partition coefficient (Wildman–Crippen LogP) is 0.718. The fraction of sp³-hybridized carbons (Fsp3) is 0.400. The Bertz CT molecular complexity index is 12.4. The third kappa shape index (κ3) is 82.2. The molecule has 0 spiro atoms. The molecule has 0 aliphatic rings. The molecule has 0 aromatic rings. The molecule has 0 aromatic heterocycles. The van der Waals surface area contributed by atoms with Crippen LogP contribution in [0, 0.1) is 0 Å². The van der Waals surface area contributed by atoms with Crippen LogP contribution in [-0.2, 0) is 14.4 Å². The normalized spacial score (nSPS) is 1.50. The molecule has 0 aliphatic heterocycles. The average Bonchev–Trinajstić information content (AvgIpc) is 1.81. The summed E-state index contributed by atoms with van der Waals surface area (Å²) in [6.07, 6.45) is 0. The summed E-state index contributed by atoms with van der Waals surface area (Å²) >= 11 is 0. The van der Waals surface area contributed by atoms with Gasteiger partial charge < -0.3 is 14.4 Å². The van der Waals surface area contributed by atoms with Gasteiger partial charge in [-0.25, -0.2) is 0 Å². The Kier molecular flexibility index (Phi) is 1210. The molecule has 0 N–H and O–H groups in total. The second kappa shape index (κ2) is 154. The molecule has 0 atom stereocenters. The first kappa shape index (κ1) is 62.7. The van der Waals surface area contributed by atoms with E-state index >= 15 is 0 Å². The largest absolute Gasteiger partial charge is 0.307 e. The van der Waals surface area contributed by atoms with Crippen molar-refractivity contribution < 1.29 is 14.4 Å². The molecule has 0 aliphatic carbocycles. The van der Waals surface area contributed by atoms with Gasteiger partial charge in [0.05, 0.1) is 0 Å². The lowest BCUT2D eigenvalue weighted by molar-refractivity contribution is -0.0987. The number of hydrogen-bond acceptors (Lipinski definition) is 3. The molecule has 0 saturated carbocycles. The van der Waals surface area contributed by atoms with Crippen LogP contribution in [0.5, 0.6) is 0 Å². The average molecular weight is 122 g/mol. The zero-order valence-electron chi connectivity index (χ0n) is 3.35. The van der Waals surface area contributed by atoms with Gasteiger partial charge in [-0.2, -0.15) is 0 Å². The van der Waals surface area contributed by atoms with Crippen LogP contribution < -0.4 is 0 Å². The van der Waals surface area contributed by atoms with E-state index in [0.29, 0.717) is 0 Å². The fourth-order valence-corrected chi connectivity index (χ4v) is 0. The standard InChI is InChI=1S/3CH2O.2CH4/c3*1-2;;/h3*1H2;2*1H4.